The first-order valence-electron chi connectivity index (χ1n) is 7.23. The molecular formula is C17H24O3. The van der Waals surface area contributed by atoms with Crippen molar-refractivity contribution < 1.29 is 14.6 Å². The fourth-order valence-corrected chi connectivity index (χ4v) is 2.72. The fraction of sp³-hybridized carbons (Fsp3) is 0.588. The molecule has 0 radical (unpaired) electrons. The van der Waals surface area contributed by atoms with E-state index in [9.17, 15) is 9.90 Å². The molecule has 0 heterocycles. The third-order valence-corrected chi connectivity index (χ3v) is 4.01. The summed E-state index contributed by atoms with van der Waals surface area (Å²) in [5.74, 6) is -0.838. The molecule has 1 aliphatic rings. The van der Waals surface area contributed by atoms with Crippen molar-refractivity contribution in [3.8, 4) is 0 Å². The second kappa shape index (κ2) is 5.21. The topological polar surface area (TPSA) is 46.5 Å². The lowest BCUT2D eigenvalue weighted by Crippen LogP contribution is -2.47. The molecule has 0 bridgehead atoms. The van der Waals surface area contributed by atoms with E-state index in [1.165, 1.54) is 5.56 Å². The molecule has 1 aromatic carbocycles. The molecule has 2 unspecified atom stereocenters. The zero-order chi connectivity index (χ0) is 15.0. The van der Waals surface area contributed by atoms with Gasteiger partial charge in [0.2, 0.25) is 0 Å². The van der Waals surface area contributed by atoms with Crippen molar-refractivity contribution in [1.29, 1.82) is 0 Å². The third kappa shape index (κ3) is 3.21. The third-order valence-electron chi connectivity index (χ3n) is 4.01. The Balaban J connectivity index is 2.14. The normalized spacial score (nSPS) is 23.9. The summed E-state index contributed by atoms with van der Waals surface area (Å²) in [4.78, 5) is 12.2. The molecule has 0 saturated heterocycles. The van der Waals surface area contributed by atoms with Crippen LogP contribution in [-0.2, 0) is 22.4 Å². The minimum Gasteiger partial charge on any atom is -0.460 e. The smallest absolute Gasteiger partial charge is 0.312 e. The lowest BCUT2D eigenvalue weighted by molar-refractivity contribution is -0.169. The molecule has 0 saturated carbocycles. The van der Waals surface area contributed by atoms with Gasteiger partial charge in [0.1, 0.15) is 5.60 Å². The molecule has 3 nitrogen and oxygen atoms in total. The summed E-state index contributed by atoms with van der Waals surface area (Å²) in [7, 11) is 0. The summed E-state index contributed by atoms with van der Waals surface area (Å²) in [6, 6.07) is 8.11. The van der Waals surface area contributed by atoms with E-state index < -0.39 is 17.1 Å². The lowest BCUT2D eigenvalue weighted by Gasteiger charge is -2.38. The number of ether oxygens (including phenoxy) is 1. The highest BCUT2D eigenvalue weighted by molar-refractivity contribution is 5.74. The van der Waals surface area contributed by atoms with E-state index in [1.807, 2.05) is 39.0 Å². The molecule has 110 valence electrons. The van der Waals surface area contributed by atoms with Crippen molar-refractivity contribution in [3.05, 3.63) is 35.4 Å². The van der Waals surface area contributed by atoms with Gasteiger partial charge in [-0.1, -0.05) is 24.3 Å². The molecular weight excluding hydrogens is 252 g/mol. The van der Waals surface area contributed by atoms with Gasteiger partial charge in [0.15, 0.2) is 0 Å². The molecule has 0 amide bonds. The van der Waals surface area contributed by atoms with E-state index in [0.717, 1.165) is 12.0 Å². The van der Waals surface area contributed by atoms with Gasteiger partial charge < -0.3 is 9.84 Å². The monoisotopic (exact) mass is 276 g/mol. The second-order valence-electron chi connectivity index (χ2n) is 6.80. The Kier molecular flexibility index (Phi) is 3.92. The first kappa shape index (κ1) is 15.0. The first-order valence-corrected chi connectivity index (χ1v) is 7.23. The highest BCUT2D eigenvalue weighted by atomic mass is 16.6. The molecule has 2 rings (SSSR count). The summed E-state index contributed by atoms with van der Waals surface area (Å²) in [6.07, 6.45) is 1.92. The molecule has 1 aromatic rings. The SMILES string of the molecule is CC(C(=O)OC(C)(C)C)C1(O)CCc2ccccc2C1. The van der Waals surface area contributed by atoms with Gasteiger partial charge >= 0.3 is 5.97 Å². The summed E-state index contributed by atoms with van der Waals surface area (Å²) in [6.45, 7) is 7.30. The number of hydrogen-bond donors (Lipinski definition) is 1. The summed E-state index contributed by atoms with van der Waals surface area (Å²) in [5, 5.41) is 10.9. The van der Waals surface area contributed by atoms with Gasteiger partial charge in [-0.05, 0) is 51.7 Å². The zero-order valence-corrected chi connectivity index (χ0v) is 12.8. The van der Waals surface area contributed by atoms with Crippen LogP contribution in [0.2, 0.25) is 0 Å². The maximum absolute atomic E-state index is 12.2. The van der Waals surface area contributed by atoms with Crippen molar-refractivity contribution >= 4 is 5.97 Å². The molecule has 3 heteroatoms. The standard InChI is InChI=1S/C17H24O3/c1-12(15(18)20-16(2,3)4)17(19)10-9-13-7-5-6-8-14(13)11-17/h5-8,12,19H,9-11H2,1-4H3. The average molecular weight is 276 g/mol. The van der Waals surface area contributed by atoms with Gasteiger partial charge in [0, 0.05) is 6.42 Å². The van der Waals surface area contributed by atoms with Crippen LogP contribution in [0.25, 0.3) is 0 Å². The average Bonchev–Trinajstić information content (AvgIpc) is 2.35. The van der Waals surface area contributed by atoms with Crippen LogP contribution in [0.5, 0.6) is 0 Å². The lowest BCUT2D eigenvalue weighted by atomic mass is 9.74. The Labute approximate surface area is 121 Å². The zero-order valence-electron chi connectivity index (χ0n) is 12.8. The maximum atomic E-state index is 12.2. The molecule has 0 spiro atoms. The highest BCUT2D eigenvalue weighted by Gasteiger charge is 2.42. The Morgan fingerprint density at radius 1 is 1.30 bits per heavy atom. The summed E-state index contributed by atoms with van der Waals surface area (Å²) < 4.78 is 5.41. The Hall–Kier alpha value is -1.35. The largest absolute Gasteiger partial charge is 0.460 e. The minimum absolute atomic E-state index is 0.320. The molecule has 1 N–H and O–H groups in total. The number of carbonyl (C=O) groups is 1. The van der Waals surface area contributed by atoms with Gasteiger partial charge in [-0.15, -0.1) is 0 Å². The van der Waals surface area contributed by atoms with Crippen molar-refractivity contribution in [2.45, 2.75) is 58.2 Å². The van der Waals surface area contributed by atoms with Crippen LogP contribution in [0.4, 0.5) is 0 Å². The van der Waals surface area contributed by atoms with E-state index in [1.54, 1.807) is 6.92 Å². The van der Waals surface area contributed by atoms with Gasteiger partial charge in [0.25, 0.3) is 0 Å². The Morgan fingerprint density at radius 2 is 1.90 bits per heavy atom. The van der Waals surface area contributed by atoms with Crippen LogP contribution in [-0.4, -0.2) is 22.3 Å². The molecule has 20 heavy (non-hydrogen) atoms. The van der Waals surface area contributed by atoms with Crippen LogP contribution in [0, 0.1) is 5.92 Å². The number of aryl methyl sites for hydroxylation is 1. The predicted molar refractivity (Wildman–Crippen MR) is 78.4 cm³/mol. The number of fused-ring (bicyclic) bond motifs is 1. The number of carbonyl (C=O) groups excluding carboxylic acids is 1. The quantitative estimate of drug-likeness (QED) is 0.845. The van der Waals surface area contributed by atoms with Crippen molar-refractivity contribution in [3.63, 3.8) is 0 Å². The van der Waals surface area contributed by atoms with E-state index in [-0.39, 0.29) is 5.97 Å². The molecule has 0 aliphatic heterocycles. The first-order chi connectivity index (χ1) is 9.21. The summed E-state index contributed by atoms with van der Waals surface area (Å²) in [5.41, 5.74) is 0.885. The molecule has 0 aromatic heterocycles. The highest BCUT2D eigenvalue weighted by Crippen LogP contribution is 2.35. The van der Waals surface area contributed by atoms with Gasteiger partial charge in [0.05, 0.1) is 11.5 Å². The van der Waals surface area contributed by atoms with Crippen molar-refractivity contribution in [1.82, 2.24) is 0 Å². The van der Waals surface area contributed by atoms with E-state index in [2.05, 4.69) is 6.07 Å². The van der Waals surface area contributed by atoms with Crippen molar-refractivity contribution in [2.24, 2.45) is 5.92 Å². The van der Waals surface area contributed by atoms with E-state index in [0.29, 0.717) is 12.8 Å². The second-order valence-corrected chi connectivity index (χ2v) is 6.80. The number of rotatable bonds is 2. The van der Waals surface area contributed by atoms with Gasteiger partial charge in [-0.2, -0.15) is 0 Å². The molecule has 2 atom stereocenters. The molecule has 0 fully saturated rings. The number of hydrogen-bond acceptors (Lipinski definition) is 3. The maximum Gasteiger partial charge on any atom is 0.312 e. The Bertz CT molecular complexity index is 501. The van der Waals surface area contributed by atoms with Crippen LogP contribution >= 0.6 is 0 Å². The molecule has 1 aliphatic carbocycles. The van der Waals surface area contributed by atoms with E-state index >= 15 is 0 Å². The van der Waals surface area contributed by atoms with Crippen LogP contribution in [0.3, 0.4) is 0 Å². The summed E-state index contributed by atoms with van der Waals surface area (Å²) >= 11 is 0. The van der Waals surface area contributed by atoms with Gasteiger partial charge in [-0.3, -0.25) is 4.79 Å². The number of benzene rings is 1. The van der Waals surface area contributed by atoms with Crippen LogP contribution < -0.4 is 0 Å². The number of esters is 1. The van der Waals surface area contributed by atoms with E-state index in [4.69, 9.17) is 4.74 Å². The predicted octanol–water partition coefficient (Wildman–Crippen LogP) is 2.88. The number of aliphatic hydroxyl groups is 1. The van der Waals surface area contributed by atoms with Crippen LogP contribution in [0.15, 0.2) is 24.3 Å². The van der Waals surface area contributed by atoms with Gasteiger partial charge in [-0.25, -0.2) is 0 Å². The van der Waals surface area contributed by atoms with Crippen LogP contribution in [0.1, 0.15) is 45.2 Å². The minimum atomic E-state index is -1.00. The Morgan fingerprint density at radius 3 is 2.50 bits per heavy atom. The van der Waals surface area contributed by atoms with Crippen molar-refractivity contribution in [2.75, 3.05) is 0 Å². The fourth-order valence-electron chi connectivity index (χ4n) is 2.72.